The minimum Gasteiger partial charge on any atom is -0.324 e. The molecule has 0 spiro atoms. The lowest BCUT2D eigenvalue weighted by Gasteiger charge is -2.29. The number of piperidine rings is 1. The van der Waals surface area contributed by atoms with E-state index in [1.165, 1.54) is 5.06 Å². The van der Waals surface area contributed by atoms with E-state index in [2.05, 4.69) is 5.32 Å². The Kier molecular flexibility index (Phi) is 4.85. The number of rotatable bonds is 5. The number of nitrogens with zero attached hydrogens (tertiary/aromatic N) is 2. The highest BCUT2D eigenvalue weighted by Gasteiger charge is 2.47. The average molecular weight is 401 g/mol. The molecule has 0 aliphatic carbocycles. The summed E-state index contributed by atoms with van der Waals surface area (Å²) in [6.45, 7) is 0.855. The van der Waals surface area contributed by atoms with Crippen molar-refractivity contribution in [2.45, 2.75) is 31.5 Å². The molecule has 2 aliphatic heterocycles. The predicted octanol–water partition coefficient (Wildman–Crippen LogP) is 4.18. The van der Waals surface area contributed by atoms with Crippen molar-refractivity contribution in [3.05, 3.63) is 78.4 Å². The molecule has 3 aromatic carbocycles. The molecular formula is C24H23N3O3. The molecule has 0 saturated carbocycles. The summed E-state index contributed by atoms with van der Waals surface area (Å²) in [5, 5.41) is 6.63. The Morgan fingerprint density at radius 2 is 1.73 bits per heavy atom. The van der Waals surface area contributed by atoms with E-state index in [9.17, 15) is 9.59 Å². The van der Waals surface area contributed by atoms with E-state index >= 15 is 0 Å². The fourth-order valence-electron chi connectivity index (χ4n) is 4.28. The van der Waals surface area contributed by atoms with E-state index in [-0.39, 0.29) is 18.0 Å². The van der Waals surface area contributed by atoms with Gasteiger partial charge in [0.15, 0.2) is 0 Å². The van der Waals surface area contributed by atoms with Crippen molar-refractivity contribution in [3.8, 4) is 0 Å². The molecule has 2 bridgehead atoms. The van der Waals surface area contributed by atoms with Crippen LogP contribution in [0.15, 0.2) is 72.8 Å². The van der Waals surface area contributed by atoms with Crippen LogP contribution in [0.2, 0.25) is 0 Å². The first kappa shape index (κ1) is 18.6. The Balaban J connectivity index is 1.26. The highest BCUT2D eigenvalue weighted by Crippen LogP contribution is 2.31. The summed E-state index contributed by atoms with van der Waals surface area (Å²) >= 11 is 0. The third kappa shape index (κ3) is 3.50. The van der Waals surface area contributed by atoms with Crippen LogP contribution >= 0.6 is 0 Å². The van der Waals surface area contributed by atoms with Crippen molar-refractivity contribution >= 4 is 28.4 Å². The van der Waals surface area contributed by atoms with Crippen LogP contribution in [0.1, 0.15) is 18.4 Å². The molecule has 2 atom stereocenters. The van der Waals surface area contributed by atoms with Crippen LogP contribution in [0.3, 0.4) is 0 Å². The zero-order valence-corrected chi connectivity index (χ0v) is 16.5. The van der Waals surface area contributed by atoms with Crippen molar-refractivity contribution in [1.29, 1.82) is 0 Å². The zero-order valence-electron chi connectivity index (χ0n) is 16.5. The van der Waals surface area contributed by atoms with Gasteiger partial charge in [0.25, 0.3) is 0 Å². The second-order valence-corrected chi connectivity index (χ2v) is 7.82. The van der Waals surface area contributed by atoms with Gasteiger partial charge < -0.3 is 10.2 Å². The summed E-state index contributed by atoms with van der Waals surface area (Å²) in [6, 6.07) is 22.9. The lowest BCUT2D eigenvalue weighted by molar-refractivity contribution is -0.140. The van der Waals surface area contributed by atoms with Gasteiger partial charge in [0, 0.05) is 12.2 Å². The molecule has 0 unspecified atom stereocenters. The first-order valence-corrected chi connectivity index (χ1v) is 10.3. The van der Waals surface area contributed by atoms with Crippen LogP contribution in [-0.2, 0) is 16.2 Å². The molecule has 6 heteroatoms. The maximum atomic E-state index is 13.0. The van der Waals surface area contributed by atoms with Crippen LogP contribution in [0.5, 0.6) is 0 Å². The van der Waals surface area contributed by atoms with Gasteiger partial charge in [-0.3, -0.25) is 9.63 Å². The van der Waals surface area contributed by atoms with Crippen molar-refractivity contribution < 1.29 is 14.4 Å². The van der Waals surface area contributed by atoms with Crippen molar-refractivity contribution in [1.82, 2.24) is 9.96 Å². The number of carbonyl (C=O) groups is 2. The third-order valence-electron chi connectivity index (χ3n) is 5.86. The summed E-state index contributed by atoms with van der Waals surface area (Å²) in [4.78, 5) is 33.3. The first-order valence-electron chi connectivity index (χ1n) is 10.3. The van der Waals surface area contributed by atoms with E-state index in [0.717, 1.165) is 28.4 Å². The van der Waals surface area contributed by atoms with E-state index in [1.54, 1.807) is 4.90 Å². The van der Waals surface area contributed by atoms with Gasteiger partial charge in [-0.2, -0.15) is 5.06 Å². The molecule has 2 saturated heterocycles. The van der Waals surface area contributed by atoms with Crippen molar-refractivity contribution in [2.24, 2.45) is 0 Å². The number of hydroxylamine groups is 2. The summed E-state index contributed by atoms with van der Waals surface area (Å²) in [6.07, 6.45) is 1.37. The maximum Gasteiger partial charge on any atom is 0.345 e. The van der Waals surface area contributed by atoms with E-state index < -0.39 is 6.04 Å². The number of amides is 3. The number of anilines is 1. The molecular weight excluding hydrogens is 378 g/mol. The Morgan fingerprint density at radius 3 is 2.57 bits per heavy atom. The minimum absolute atomic E-state index is 0.00840. The van der Waals surface area contributed by atoms with Gasteiger partial charge in [-0.25, -0.2) is 4.79 Å². The fourth-order valence-corrected chi connectivity index (χ4v) is 4.28. The number of nitrogens with one attached hydrogen (secondary N) is 1. The third-order valence-corrected chi connectivity index (χ3v) is 5.86. The zero-order chi connectivity index (χ0) is 20.5. The summed E-state index contributed by atoms with van der Waals surface area (Å²) in [7, 11) is 0. The highest BCUT2D eigenvalue weighted by molar-refractivity contribution is 5.99. The average Bonchev–Trinajstić information content (AvgIpc) is 3.02. The van der Waals surface area contributed by atoms with Crippen LogP contribution < -0.4 is 5.32 Å². The Hall–Kier alpha value is -3.38. The monoisotopic (exact) mass is 401 g/mol. The van der Waals surface area contributed by atoms with Gasteiger partial charge >= 0.3 is 6.03 Å². The molecule has 2 fully saturated rings. The van der Waals surface area contributed by atoms with E-state index in [1.807, 2.05) is 72.8 Å². The SMILES string of the molecule is O=C(Nc1ccc2ccccc2c1)[C@@H]1CC[C@H]2CN1C(=O)N2OCc1ccccc1. The second kappa shape index (κ2) is 7.80. The summed E-state index contributed by atoms with van der Waals surface area (Å²) in [5.41, 5.74) is 1.75. The molecule has 0 radical (unpaired) electrons. The molecule has 6 nitrogen and oxygen atoms in total. The standard InChI is InChI=1S/C24H23N3O3/c28-23(25-20-11-10-18-8-4-5-9-19(18)14-20)22-13-12-21-15-26(22)24(29)27(21)30-16-17-6-2-1-3-7-17/h1-11,14,21-22H,12-13,15-16H2,(H,25,28)/t21-,22-/m0/s1. The number of urea groups is 1. The van der Waals surface area contributed by atoms with Gasteiger partial charge in [0.1, 0.15) is 12.6 Å². The number of hydrogen-bond acceptors (Lipinski definition) is 3. The first-order chi connectivity index (χ1) is 14.7. The molecule has 2 heterocycles. The Labute approximate surface area is 175 Å². The fraction of sp³-hybridized carbons (Fsp3) is 0.250. The van der Waals surface area contributed by atoms with Crippen molar-refractivity contribution in [2.75, 3.05) is 11.9 Å². The topological polar surface area (TPSA) is 61.9 Å². The summed E-state index contributed by atoms with van der Waals surface area (Å²) < 4.78 is 0. The molecule has 2 aliphatic rings. The maximum absolute atomic E-state index is 13.0. The number of hydrogen-bond donors (Lipinski definition) is 1. The molecule has 30 heavy (non-hydrogen) atoms. The molecule has 5 rings (SSSR count). The molecule has 0 aromatic heterocycles. The second-order valence-electron chi connectivity index (χ2n) is 7.82. The van der Waals surface area contributed by atoms with Crippen LogP contribution in [0.4, 0.5) is 10.5 Å². The smallest absolute Gasteiger partial charge is 0.324 e. The predicted molar refractivity (Wildman–Crippen MR) is 115 cm³/mol. The molecule has 152 valence electrons. The van der Waals surface area contributed by atoms with Crippen LogP contribution in [-0.4, -0.2) is 40.5 Å². The number of benzene rings is 3. The van der Waals surface area contributed by atoms with Gasteiger partial charge in [-0.15, -0.1) is 0 Å². The Bertz CT molecular complexity index is 1090. The van der Waals surface area contributed by atoms with Gasteiger partial charge in [-0.05, 0) is 41.3 Å². The van der Waals surface area contributed by atoms with Gasteiger partial charge in [0.2, 0.25) is 5.91 Å². The van der Waals surface area contributed by atoms with Crippen LogP contribution in [0, 0.1) is 0 Å². The van der Waals surface area contributed by atoms with E-state index in [0.29, 0.717) is 19.6 Å². The quantitative estimate of drug-likeness (QED) is 0.698. The minimum atomic E-state index is -0.481. The molecule has 1 N–H and O–H groups in total. The lowest BCUT2D eigenvalue weighted by Crippen LogP contribution is -2.47. The Morgan fingerprint density at radius 1 is 0.967 bits per heavy atom. The van der Waals surface area contributed by atoms with Crippen LogP contribution in [0.25, 0.3) is 10.8 Å². The number of fused-ring (bicyclic) bond motifs is 3. The lowest BCUT2D eigenvalue weighted by atomic mass is 10.00. The highest BCUT2D eigenvalue weighted by atomic mass is 16.7. The molecule has 3 aromatic rings. The normalized spacial score (nSPS) is 20.6. The van der Waals surface area contributed by atoms with E-state index in [4.69, 9.17) is 4.84 Å². The largest absolute Gasteiger partial charge is 0.345 e. The van der Waals surface area contributed by atoms with Gasteiger partial charge in [0.05, 0.1) is 6.04 Å². The molecule has 3 amide bonds. The summed E-state index contributed by atoms with van der Waals surface area (Å²) in [5.74, 6) is -0.151. The number of carbonyl (C=O) groups excluding carboxylic acids is 2. The van der Waals surface area contributed by atoms with Crippen molar-refractivity contribution in [3.63, 3.8) is 0 Å². The van der Waals surface area contributed by atoms with Gasteiger partial charge in [-0.1, -0.05) is 60.7 Å².